The van der Waals surface area contributed by atoms with E-state index in [2.05, 4.69) is 40.4 Å². The lowest BCUT2D eigenvalue weighted by atomic mass is 9.98. The predicted octanol–water partition coefficient (Wildman–Crippen LogP) is 3.40. The Morgan fingerprint density at radius 3 is 2.50 bits per heavy atom. The molecular weight excluding hydrogens is 340 g/mol. The number of benzene rings is 1. The van der Waals surface area contributed by atoms with E-state index in [-0.39, 0.29) is 5.69 Å². The van der Waals surface area contributed by atoms with Gasteiger partial charge in [0.25, 0.3) is 0 Å². The maximum atomic E-state index is 14.4. The highest BCUT2D eigenvalue weighted by Gasteiger charge is 2.32. The monoisotopic (exact) mass is 359 g/mol. The quantitative estimate of drug-likeness (QED) is 0.730. The smallest absolute Gasteiger partial charge is 0.224 e. The third-order valence-corrected chi connectivity index (χ3v) is 4.15. The summed E-state index contributed by atoms with van der Waals surface area (Å²) in [5.41, 5.74) is 2.91. The van der Waals surface area contributed by atoms with Crippen molar-refractivity contribution in [1.29, 1.82) is 0 Å². The molecule has 0 spiro atoms. The van der Waals surface area contributed by atoms with Gasteiger partial charge in [-0.25, -0.2) is 8.78 Å². The van der Waals surface area contributed by atoms with Crippen LogP contribution in [0.2, 0.25) is 0 Å². The first-order chi connectivity index (χ1) is 12.5. The number of nitrogens with zero attached hydrogens (tertiary/aromatic N) is 5. The number of hydrogen-bond donors (Lipinski definition) is 1. The van der Waals surface area contributed by atoms with Crippen molar-refractivity contribution in [2.45, 2.75) is 38.3 Å². The standard InChI is InChI=1S/C18H19F2N5O/c1-11(2)12-4-3-5-13(8-12)14-6-7-15(21-9-14)16(19)17(26)18(20)25-10-22-23-24-25/h3-11,16-18,26H,1-2H3. The van der Waals surface area contributed by atoms with Crippen molar-refractivity contribution in [3.8, 4) is 11.1 Å². The van der Waals surface area contributed by atoms with Crippen LogP contribution in [0, 0.1) is 0 Å². The zero-order chi connectivity index (χ0) is 18.7. The zero-order valence-corrected chi connectivity index (χ0v) is 14.4. The molecule has 1 aromatic carbocycles. The van der Waals surface area contributed by atoms with Gasteiger partial charge < -0.3 is 5.11 Å². The van der Waals surface area contributed by atoms with Crippen molar-refractivity contribution < 1.29 is 13.9 Å². The first-order valence-corrected chi connectivity index (χ1v) is 8.22. The second-order valence-corrected chi connectivity index (χ2v) is 6.31. The molecule has 3 atom stereocenters. The molecule has 0 amide bonds. The number of aliphatic hydroxyl groups is 1. The summed E-state index contributed by atoms with van der Waals surface area (Å²) >= 11 is 0. The van der Waals surface area contributed by atoms with Crippen LogP contribution in [0.25, 0.3) is 11.1 Å². The largest absolute Gasteiger partial charge is 0.385 e. The fourth-order valence-corrected chi connectivity index (χ4v) is 2.57. The lowest BCUT2D eigenvalue weighted by Gasteiger charge is -2.18. The molecule has 0 saturated carbocycles. The van der Waals surface area contributed by atoms with E-state index in [1.54, 1.807) is 6.07 Å². The number of aromatic nitrogens is 5. The topological polar surface area (TPSA) is 76.7 Å². The van der Waals surface area contributed by atoms with Crippen molar-refractivity contribution in [1.82, 2.24) is 25.2 Å². The Morgan fingerprint density at radius 2 is 1.88 bits per heavy atom. The van der Waals surface area contributed by atoms with Gasteiger partial charge in [0.05, 0.1) is 5.69 Å². The third kappa shape index (κ3) is 3.75. The summed E-state index contributed by atoms with van der Waals surface area (Å²) in [5.74, 6) is 0.389. The first-order valence-electron chi connectivity index (χ1n) is 8.22. The molecule has 1 N–H and O–H groups in total. The molecule has 0 fully saturated rings. The maximum absolute atomic E-state index is 14.4. The summed E-state index contributed by atoms with van der Waals surface area (Å²) in [7, 11) is 0. The maximum Gasteiger partial charge on any atom is 0.224 e. The molecule has 3 rings (SSSR count). The Labute approximate surface area is 149 Å². The molecule has 0 saturated heterocycles. The van der Waals surface area contributed by atoms with Gasteiger partial charge in [-0.3, -0.25) is 4.98 Å². The molecule has 0 radical (unpaired) electrons. The van der Waals surface area contributed by atoms with Crippen molar-refractivity contribution in [3.63, 3.8) is 0 Å². The zero-order valence-electron chi connectivity index (χ0n) is 14.4. The highest BCUT2D eigenvalue weighted by molar-refractivity contribution is 5.63. The molecule has 0 bridgehead atoms. The number of halogens is 2. The molecule has 3 unspecified atom stereocenters. The fraction of sp³-hybridized carbons (Fsp3) is 0.333. The molecule has 136 valence electrons. The second-order valence-electron chi connectivity index (χ2n) is 6.31. The molecule has 3 aromatic rings. The lowest BCUT2D eigenvalue weighted by Crippen LogP contribution is -2.26. The summed E-state index contributed by atoms with van der Waals surface area (Å²) < 4.78 is 29.2. The van der Waals surface area contributed by atoms with Crippen LogP contribution in [-0.4, -0.2) is 36.4 Å². The van der Waals surface area contributed by atoms with Gasteiger partial charge in [-0.15, -0.1) is 5.10 Å². The molecule has 8 heteroatoms. The number of aliphatic hydroxyl groups excluding tert-OH is 1. The van der Waals surface area contributed by atoms with Crippen LogP contribution in [0.1, 0.15) is 43.5 Å². The fourth-order valence-electron chi connectivity index (χ4n) is 2.57. The summed E-state index contributed by atoms with van der Waals surface area (Å²) in [5, 5.41) is 19.7. The van der Waals surface area contributed by atoms with E-state index in [1.807, 2.05) is 18.2 Å². The second kappa shape index (κ2) is 7.65. The number of tetrazole rings is 1. The van der Waals surface area contributed by atoms with E-state index in [4.69, 9.17) is 0 Å². The predicted molar refractivity (Wildman–Crippen MR) is 91.6 cm³/mol. The Bertz CT molecular complexity index is 839. The summed E-state index contributed by atoms with van der Waals surface area (Å²) in [6, 6.07) is 11.1. The minimum Gasteiger partial charge on any atom is -0.385 e. The SMILES string of the molecule is CC(C)c1cccc(-c2ccc(C(F)C(O)C(F)n3cnnn3)nc2)c1. The molecule has 0 aliphatic carbocycles. The Balaban J connectivity index is 1.77. The van der Waals surface area contributed by atoms with Gasteiger partial charge in [0, 0.05) is 11.8 Å². The van der Waals surface area contributed by atoms with Crippen LogP contribution in [0.4, 0.5) is 8.78 Å². The number of alkyl halides is 2. The van der Waals surface area contributed by atoms with E-state index in [1.165, 1.54) is 17.8 Å². The van der Waals surface area contributed by atoms with Gasteiger partial charge in [0.1, 0.15) is 12.4 Å². The van der Waals surface area contributed by atoms with E-state index >= 15 is 0 Å². The van der Waals surface area contributed by atoms with E-state index in [0.717, 1.165) is 17.5 Å². The van der Waals surface area contributed by atoms with E-state index in [0.29, 0.717) is 10.6 Å². The van der Waals surface area contributed by atoms with Gasteiger partial charge >= 0.3 is 0 Å². The van der Waals surface area contributed by atoms with Crippen molar-refractivity contribution in [2.75, 3.05) is 0 Å². The van der Waals surface area contributed by atoms with Crippen molar-refractivity contribution in [2.24, 2.45) is 0 Å². The van der Waals surface area contributed by atoms with E-state index < -0.39 is 18.6 Å². The van der Waals surface area contributed by atoms with Crippen LogP contribution in [-0.2, 0) is 0 Å². The number of rotatable bonds is 6. The normalized spacial score (nSPS) is 15.0. The van der Waals surface area contributed by atoms with Crippen LogP contribution in [0.3, 0.4) is 0 Å². The Hall–Kier alpha value is -2.74. The number of hydrogen-bond acceptors (Lipinski definition) is 5. The van der Waals surface area contributed by atoms with Crippen LogP contribution in [0.15, 0.2) is 48.9 Å². The summed E-state index contributed by atoms with van der Waals surface area (Å²) in [6.45, 7) is 4.21. The molecule has 0 aliphatic rings. The van der Waals surface area contributed by atoms with Crippen LogP contribution >= 0.6 is 0 Å². The highest BCUT2D eigenvalue weighted by atomic mass is 19.1. The summed E-state index contributed by atoms with van der Waals surface area (Å²) in [6.07, 6.45) is -3.60. The summed E-state index contributed by atoms with van der Waals surface area (Å²) in [4.78, 5) is 4.05. The first kappa shape index (κ1) is 18.1. The van der Waals surface area contributed by atoms with Gasteiger partial charge in [-0.2, -0.15) is 4.68 Å². The highest BCUT2D eigenvalue weighted by Crippen LogP contribution is 2.29. The van der Waals surface area contributed by atoms with Crippen LogP contribution < -0.4 is 0 Å². The van der Waals surface area contributed by atoms with Crippen molar-refractivity contribution in [3.05, 3.63) is 60.2 Å². The van der Waals surface area contributed by atoms with E-state index in [9.17, 15) is 13.9 Å². The Morgan fingerprint density at radius 1 is 1.08 bits per heavy atom. The minimum absolute atomic E-state index is 0.0583. The van der Waals surface area contributed by atoms with Gasteiger partial charge in [0.2, 0.25) is 6.30 Å². The molecule has 26 heavy (non-hydrogen) atoms. The van der Waals surface area contributed by atoms with Gasteiger partial charge in [-0.1, -0.05) is 44.2 Å². The molecule has 0 aliphatic heterocycles. The van der Waals surface area contributed by atoms with Crippen molar-refractivity contribution >= 4 is 0 Å². The van der Waals surface area contributed by atoms with Crippen LogP contribution in [0.5, 0.6) is 0 Å². The Kier molecular flexibility index (Phi) is 5.32. The molecule has 6 nitrogen and oxygen atoms in total. The molecule has 2 heterocycles. The number of pyridine rings is 1. The average molecular weight is 359 g/mol. The molecular formula is C18H19F2N5O. The van der Waals surface area contributed by atoms with Gasteiger partial charge in [-0.05, 0) is 33.5 Å². The lowest BCUT2D eigenvalue weighted by molar-refractivity contribution is -0.0294. The third-order valence-electron chi connectivity index (χ3n) is 4.15. The minimum atomic E-state index is -2.11. The van der Waals surface area contributed by atoms with Gasteiger partial charge in [0.15, 0.2) is 6.17 Å². The molecule has 2 aromatic heterocycles. The average Bonchev–Trinajstić information content (AvgIpc) is 3.21.